The summed E-state index contributed by atoms with van der Waals surface area (Å²) in [5.41, 5.74) is 2.04. The highest BCUT2D eigenvalue weighted by Gasteiger charge is 2.28. The average Bonchev–Trinajstić information content (AvgIpc) is 3.13. The lowest BCUT2D eigenvalue weighted by atomic mass is 10.1. The molecule has 0 amide bonds. The summed E-state index contributed by atoms with van der Waals surface area (Å²) in [5, 5.41) is 12.7. The van der Waals surface area contributed by atoms with Crippen LogP contribution in [0.15, 0.2) is 52.0 Å². The van der Waals surface area contributed by atoms with E-state index in [9.17, 15) is 8.42 Å². The zero-order chi connectivity index (χ0) is 17.0. The number of tetrazole rings is 1. The van der Waals surface area contributed by atoms with E-state index >= 15 is 0 Å². The molecule has 2 aromatic heterocycles. The smallest absolute Gasteiger partial charge is 0.240 e. The lowest BCUT2D eigenvalue weighted by Crippen LogP contribution is -2.25. The quantitative estimate of drug-likeness (QED) is 0.601. The predicted molar refractivity (Wildman–Crippen MR) is 89.8 cm³/mol. The second-order valence-electron chi connectivity index (χ2n) is 6.09. The van der Waals surface area contributed by atoms with Crippen LogP contribution in [-0.2, 0) is 10.0 Å². The first-order valence-electron chi connectivity index (χ1n) is 7.82. The number of aromatic nitrogens is 4. The maximum Gasteiger partial charge on any atom is 0.240 e. The molecule has 0 radical (unpaired) electrons. The van der Waals surface area contributed by atoms with Crippen molar-refractivity contribution >= 4 is 32.0 Å². The lowest BCUT2D eigenvalue weighted by molar-refractivity contribution is 0.581. The predicted octanol–water partition coefficient (Wildman–Crippen LogP) is 2.00. The van der Waals surface area contributed by atoms with Gasteiger partial charge in [-0.05, 0) is 53.6 Å². The highest BCUT2D eigenvalue weighted by molar-refractivity contribution is 7.89. The summed E-state index contributed by atoms with van der Waals surface area (Å²) in [6.07, 6.45) is 3.30. The molecule has 126 valence electrons. The summed E-state index contributed by atoms with van der Waals surface area (Å²) in [5.74, 6) is 0. The molecule has 0 saturated heterocycles. The molecular weight excluding hydrogens is 342 g/mol. The van der Waals surface area contributed by atoms with Gasteiger partial charge in [0.05, 0.1) is 10.6 Å². The van der Waals surface area contributed by atoms with Crippen LogP contribution in [0.4, 0.5) is 0 Å². The van der Waals surface area contributed by atoms with Gasteiger partial charge in [0.2, 0.25) is 10.0 Å². The molecule has 9 heteroatoms. The molecule has 1 fully saturated rings. The van der Waals surface area contributed by atoms with Gasteiger partial charge in [-0.1, -0.05) is 0 Å². The number of nitrogens with zero attached hydrogens (tertiary/aromatic N) is 4. The summed E-state index contributed by atoms with van der Waals surface area (Å²) in [6.45, 7) is 0. The van der Waals surface area contributed by atoms with Crippen LogP contribution in [0, 0.1) is 0 Å². The zero-order valence-electron chi connectivity index (χ0n) is 13.0. The Labute approximate surface area is 142 Å². The van der Waals surface area contributed by atoms with Crippen LogP contribution >= 0.6 is 0 Å². The van der Waals surface area contributed by atoms with Gasteiger partial charge < -0.3 is 4.42 Å². The summed E-state index contributed by atoms with van der Waals surface area (Å²) in [6, 6.07) is 10.5. The molecular formula is C16H13N5O3S. The van der Waals surface area contributed by atoms with Crippen molar-refractivity contribution in [1.29, 1.82) is 0 Å². The number of sulfonamides is 1. The molecule has 0 unspecified atom stereocenters. The van der Waals surface area contributed by atoms with Gasteiger partial charge in [-0.2, -0.15) is 0 Å². The molecule has 4 aromatic rings. The molecule has 0 atom stereocenters. The Bertz CT molecular complexity index is 1190. The van der Waals surface area contributed by atoms with E-state index in [0.29, 0.717) is 11.2 Å². The standard InChI is InChI=1S/C16H13N5O3S/c22-25(23,18-10-1-2-10)12-4-6-15-14(8-12)13-5-3-11(7-16(13)24-15)21-9-17-19-20-21/h3-10,18H,1-2H2. The van der Waals surface area contributed by atoms with Crippen LogP contribution in [0.2, 0.25) is 0 Å². The summed E-state index contributed by atoms with van der Waals surface area (Å²) >= 11 is 0. The first-order chi connectivity index (χ1) is 12.1. The number of hydrogen-bond donors (Lipinski definition) is 1. The molecule has 0 bridgehead atoms. The maximum absolute atomic E-state index is 12.4. The molecule has 0 aliphatic heterocycles. The number of benzene rings is 2. The third kappa shape index (κ3) is 2.48. The third-order valence-corrected chi connectivity index (χ3v) is 5.77. The molecule has 2 aromatic carbocycles. The molecule has 25 heavy (non-hydrogen) atoms. The topological polar surface area (TPSA) is 103 Å². The van der Waals surface area contributed by atoms with Gasteiger partial charge in [-0.3, -0.25) is 0 Å². The molecule has 1 N–H and O–H groups in total. The van der Waals surface area contributed by atoms with E-state index in [2.05, 4.69) is 20.2 Å². The van der Waals surface area contributed by atoms with Gasteiger partial charge in [0.15, 0.2) is 0 Å². The van der Waals surface area contributed by atoms with Gasteiger partial charge >= 0.3 is 0 Å². The number of furan rings is 1. The monoisotopic (exact) mass is 355 g/mol. The normalized spacial score (nSPS) is 15.2. The molecule has 0 spiro atoms. The first-order valence-corrected chi connectivity index (χ1v) is 9.30. The minimum atomic E-state index is -3.50. The summed E-state index contributed by atoms with van der Waals surface area (Å²) in [7, 11) is -3.50. The van der Waals surface area contributed by atoms with Crippen LogP contribution in [0.5, 0.6) is 0 Å². The Hall–Kier alpha value is -2.78. The lowest BCUT2D eigenvalue weighted by Gasteiger charge is -2.05. The molecule has 1 aliphatic rings. The summed E-state index contributed by atoms with van der Waals surface area (Å²) in [4.78, 5) is 0.249. The largest absolute Gasteiger partial charge is 0.456 e. The molecule has 1 aliphatic carbocycles. The fourth-order valence-corrected chi connectivity index (χ4v) is 4.15. The molecule has 8 nitrogen and oxygen atoms in total. The Morgan fingerprint density at radius 2 is 1.96 bits per heavy atom. The summed E-state index contributed by atoms with van der Waals surface area (Å²) < 4.78 is 34.9. The first kappa shape index (κ1) is 14.6. The van der Waals surface area contributed by atoms with E-state index in [0.717, 1.165) is 29.3 Å². The average molecular weight is 355 g/mol. The van der Waals surface area contributed by atoms with Gasteiger partial charge in [0.1, 0.15) is 17.5 Å². The van der Waals surface area contributed by atoms with Crippen molar-refractivity contribution in [2.45, 2.75) is 23.8 Å². The van der Waals surface area contributed by atoms with Crippen molar-refractivity contribution in [3.8, 4) is 5.69 Å². The van der Waals surface area contributed by atoms with Crippen LogP contribution in [0.3, 0.4) is 0 Å². The molecule has 5 rings (SSSR count). The highest BCUT2D eigenvalue weighted by atomic mass is 32.2. The van der Waals surface area contributed by atoms with E-state index in [1.807, 2.05) is 18.2 Å². The SMILES string of the molecule is O=S(=O)(NC1CC1)c1ccc2oc3cc(-n4cnnn4)ccc3c2c1. The van der Waals surface area contributed by atoms with Gasteiger partial charge in [0.25, 0.3) is 0 Å². The fourth-order valence-electron chi connectivity index (χ4n) is 2.82. The van der Waals surface area contributed by atoms with Crippen LogP contribution in [0.1, 0.15) is 12.8 Å². The van der Waals surface area contributed by atoms with Crippen molar-refractivity contribution < 1.29 is 12.8 Å². The van der Waals surface area contributed by atoms with Crippen molar-refractivity contribution in [2.24, 2.45) is 0 Å². The van der Waals surface area contributed by atoms with Gasteiger partial charge in [-0.15, -0.1) is 5.10 Å². The van der Waals surface area contributed by atoms with E-state index in [4.69, 9.17) is 4.42 Å². The Morgan fingerprint density at radius 3 is 2.72 bits per heavy atom. The third-order valence-electron chi connectivity index (χ3n) is 4.25. The van der Waals surface area contributed by atoms with Crippen molar-refractivity contribution in [3.63, 3.8) is 0 Å². The Morgan fingerprint density at radius 1 is 1.08 bits per heavy atom. The van der Waals surface area contributed by atoms with E-state index in [1.165, 1.54) is 11.0 Å². The number of nitrogens with one attached hydrogen (secondary N) is 1. The van der Waals surface area contributed by atoms with E-state index in [1.54, 1.807) is 18.2 Å². The zero-order valence-corrected chi connectivity index (χ0v) is 13.8. The van der Waals surface area contributed by atoms with Crippen molar-refractivity contribution in [3.05, 3.63) is 42.7 Å². The number of hydrogen-bond acceptors (Lipinski definition) is 6. The second-order valence-corrected chi connectivity index (χ2v) is 7.80. The van der Waals surface area contributed by atoms with Crippen molar-refractivity contribution in [2.75, 3.05) is 0 Å². The highest BCUT2D eigenvalue weighted by Crippen LogP contribution is 2.32. The molecule has 1 saturated carbocycles. The Kier molecular flexibility index (Phi) is 2.97. The number of fused-ring (bicyclic) bond motifs is 3. The van der Waals surface area contributed by atoms with Crippen LogP contribution in [0.25, 0.3) is 27.6 Å². The molecule has 2 heterocycles. The second kappa shape index (κ2) is 5.11. The minimum Gasteiger partial charge on any atom is -0.456 e. The van der Waals surface area contributed by atoms with E-state index in [-0.39, 0.29) is 10.9 Å². The maximum atomic E-state index is 12.4. The van der Waals surface area contributed by atoms with E-state index < -0.39 is 10.0 Å². The number of rotatable bonds is 4. The van der Waals surface area contributed by atoms with Crippen LogP contribution < -0.4 is 4.72 Å². The van der Waals surface area contributed by atoms with Crippen molar-refractivity contribution in [1.82, 2.24) is 24.9 Å². The van der Waals surface area contributed by atoms with Crippen LogP contribution in [-0.4, -0.2) is 34.7 Å². The minimum absolute atomic E-state index is 0.0700. The Balaban J connectivity index is 1.64. The van der Waals surface area contributed by atoms with Gasteiger partial charge in [0, 0.05) is 22.9 Å². The fraction of sp³-hybridized carbons (Fsp3) is 0.188. The van der Waals surface area contributed by atoms with Gasteiger partial charge in [-0.25, -0.2) is 17.8 Å².